The average molecular weight is 223 g/mol. The molecule has 3 heteroatoms. The normalized spacial score (nSPS) is 12.2. The molecule has 0 amide bonds. The SMILES string of the molecule is CCOc1cccc(CN)c1OC(C)CC. The minimum atomic E-state index is 0.173. The Kier molecular flexibility index (Phi) is 5.12. The highest BCUT2D eigenvalue weighted by Gasteiger charge is 2.12. The Balaban J connectivity index is 2.99. The predicted molar refractivity (Wildman–Crippen MR) is 65.9 cm³/mol. The molecule has 0 aliphatic heterocycles. The van der Waals surface area contributed by atoms with Crippen molar-refractivity contribution in [2.45, 2.75) is 39.8 Å². The van der Waals surface area contributed by atoms with Gasteiger partial charge < -0.3 is 15.2 Å². The summed E-state index contributed by atoms with van der Waals surface area (Å²) in [7, 11) is 0. The molecule has 0 saturated carbocycles. The number of hydrogen-bond donors (Lipinski definition) is 1. The first kappa shape index (κ1) is 12.8. The largest absolute Gasteiger partial charge is 0.490 e. The summed E-state index contributed by atoms with van der Waals surface area (Å²) < 4.78 is 11.4. The van der Waals surface area contributed by atoms with Crippen LogP contribution in [-0.2, 0) is 6.54 Å². The molecule has 16 heavy (non-hydrogen) atoms. The van der Waals surface area contributed by atoms with Gasteiger partial charge in [0.25, 0.3) is 0 Å². The third-order valence-electron chi connectivity index (χ3n) is 2.47. The van der Waals surface area contributed by atoms with Crippen molar-refractivity contribution in [3.8, 4) is 11.5 Å². The van der Waals surface area contributed by atoms with Crippen molar-refractivity contribution in [3.05, 3.63) is 23.8 Å². The van der Waals surface area contributed by atoms with Gasteiger partial charge in [-0.05, 0) is 26.3 Å². The van der Waals surface area contributed by atoms with Gasteiger partial charge in [-0.15, -0.1) is 0 Å². The molecule has 3 nitrogen and oxygen atoms in total. The zero-order valence-electron chi connectivity index (χ0n) is 10.3. The van der Waals surface area contributed by atoms with Crippen molar-refractivity contribution in [2.24, 2.45) is 5.73 Å². The van der Waals surface area contributed by atoms with Crippen LogP contribution in [0.25, 0.3) is 0 Å². The molecule has 0 radical (unpaired) electrons. The number of nitrogens with two attached hydrogens (primary N) is 1. The van der Waals surface area contributed by atoms with Crippen LogP contribution >= 0.6 is 0 Å². The van der Waals surface area contributed by atoms with Crippen LogP contribution < -0.4 is 15.2 Å². The van der Waals surface area contributed by atoms with E-state index >= 15 is 0 Å². The summed E-state index contributed by atoms with van der Waals surface area (Å²) in [4.78, 5) is 0. The van der Waals surface area contributed by atoms with E-state index in [0.29, 0.717) is 13.2 Å². The maximum atomic E-state index is 5.86. The van der Waals surface area contributed by atoms with E-state index in [1.165, 1.54) is 0 Å². The van der Waals surface area contributed by atoms with Gasteiger partial charge in [-0.25, -0.2) is 0 Å². The summed E-state index contributed by atoms with van der Waals surface area (Å²) in [5.41, 5.74) is 6.69. The topological polar surface area (TPSA) is 44.5 Å². The Morgan fingerprint density at radius 2 is 2.06 bits per heavy atom. The Hall–Kier alpha value is -1.22. The van der Waals surface area contributed by atoms with Crippen LogP contribution in [0.3, 0.4) is 0 Å². The Labute approximate surface area is 97.6 Å². The fourth-order valence-electron chi connectivity index (χ4n) is 1.41. The molecule has 1 aromatic carbocycles. The fraction of sp³-hybridized carbons (Fsp3) is 0.538. The van der Waals surface area contributed by atoms with Gasteiger partial charge in [-0.3, -0.25) is 0 Å². The lowest BCUT2D eigenvalue weighted by Crippen LogP contribution is -2.13. The molecular formula is C13H21NO2. The number of benzene rings is 1. The van der Waals surface area contributed by atoms with E-state index in [0.717, 1.165) is 23.5 Å². The molecule has 0 fully saturated rings. The van der Waals surface area contributed by atoms with E-state index in [4.69, 9.17) is 15.2 Å². The number of para-hydroxylation sites is 1. The molecule has 1 aromatic rings. The van der Waals surface area contributed by atoms with Gasteiger partial charge in [0, 0.05) is 12.1 Å². The van der Waals surface area contributed by atoms with Crippen molar-refractivity contribution in [3.63, 3.8) is 0 Å². The molecule has 1 rings (SSSR count). The molecule has 0 aliphatic carbocycles. The second-order valence-corrected chi connectivity index (χ2v) is 3.72. The smallest absolute Gasteiger partial charge is 0.166 e. The molecule has 2 N–H and O–H groups in total. The Morgan fingerprint density at radius 3 is 2.62 bits per heavy atom. The first-order chi connectivity index (χ1) is 7.72. The number of hydrogen-bond acceptors (Lipinski definition) is 3. The molecule has 0 bridgehead atoms. The quantitative estimate of drug-likeness (QED) is 0.806. The van der Waals surface area contributed by atoms with E-state index in [9.17, 15) is 0 Å². The molecule has 0 aliphatic rings. The Bertz CT molecular complexity index is 326. The highest BCUT2D eigenvalue weighted by molar-refractivity contribution is 5.46. The molecule has 0 aromatic heterocycles. The first-order valence-corrected chi connectivity index (χ1v) is 5.84. The monoisotopic (exact) mass is 223 g/mol. The predicted octanol–water partition coefficient (Wildman–Crippen LogP) is 2.72. The van der Waals surface area contributed by atoms with Crippen LogP contribution in [0.1, 0.15) is 32.8 Å². The van der Waals surface area contributed by atoms with Crippen LogP contribution in [0.15, 0.2) is 18.2 Å². The van der Waals surface area contributed by atoms with Gasteiger partial charge in [0.2, 0.25) is 0 Å². The summed E-state index contributed by atoms with van der Waals surface area (Å²) in [5, 5.41) is 0. The van der Waals surface area contributed by atoms with Gasteiger partial charge in [0.05, 0.1) is 12.7 Å². The zero-order valence-corrected chi connectivity index (χ0v) is 10.3. The molecule has 1 atom stereocenters. The minimum Gasteiger partial charge on any atom is -0.490 e. The van der Waals surface area contributed by atoms with E-state index in [2.05, 4.69) is 6.92 Å². The van der Waals surface area contributed by atoms with Crippen LogP contribution in [0.5, 0.6) is 11.5 Å². The van der Waals surface area contributed by atoms with Crippen molar-refractivity contribution < 1.29 is 9.47 Å². The fourth-order valence-corrected chi connectivity index (χ4v) is 1.41. The zero-order chi connectivity index (χ0) is 12.0. The summed E-state index contributed by atoms with van der Waals surface area (Å²) in [5.74, 6) is 1.58. The van der Waals surface area contributed by atoms with Crippen molar-refractivity contribution in [2.75, 3.05) is 6.61 Å². The number of ether oxygens (including phenoxy) is 2. The third-order valence-corrected chi connectivity index (χ3v) is 2.47. The van der Waals surface area contributed by atoms with Gasteiger partial charge in [0.1, 0.15) is 0 Å². The summed E-state index contributed by atoms with van der Waals surface area (Å²) in [6.45, 7) is 7.19. The van der Waals surface area contributed by atoms with E-state index < -0.39 is 0 Å². The summed E-state index contributed by atoms with van der Waals surface area (Å²) >= 11 is 0. The van der Waals surface area contributed by atoms with Crippen molar-refractivity contribution in [1.82, 2.24) is 0 Å². The highest BCUT2D eigenvalue weighted by atomic mass is 16.5. The Morgan fingerprint density at radius 1 is 1.31 bits per heavy atom. The lowest BCUT2D eigenvalue weighted by atomic mass is 10.2. The van der Waals surface area contributed by atoms with Crippen molar-refractivity contribution >= 4 is 0 Å². The van der Waals surface area contributed by atoms with Crippen molar-refractivity contribution in [1.29, 1.82) is 0 Å². The van der Waals surface area contributed by atoms with Gasteiger partial charge in [-0.2, -0.15) is 0 Å². The standard InChI is InChI=1S/C13H21NO2/c1-4-10(3)16-13-11(9-14)7-6-8-12(13)15-5-2/h6-8,10H,4-5,9,14H2,1-3H3. The third kappa shape index (κ3) is 3.14. The van der Waals surface area contributed by atoms with Crippen LogP contribution in [0.2, 0.25) is 0 Å². The first-order valence-electron chi connectivity index (χ1n) is 5.84. The number of rotatable bonds is 6. The minimum absolute atomic E-state index is 0.173. The molecule has 0 saturated heterocycles. The molecule has 0 spiro atoms. The van der Waals surface area contributed by atoms with Crippen LogP contribution in [0, 0.1) is 0 Å². The van der Waals surface area contributed by atoms with Gasteiger partial charge >= 0.3 is 0 Å². The summed E-state index contributed by atoms with van der Waals surface area (Å²) in [6.07, 6.45) is 1.14. The molecule has 0 heterocycles. The lowest BCUT2D eigenvalue weighted by Gasteiger charge is -2.18. The van der Waals surface area contributed by atoms with E-state index in [1.807, 2.05) is 32.0 Å². The molecule has 90 valence electrons. The van der Waals surface area contributed by atoms with E-state index in [-0.39, 0.29) is 6.10 Å². The second kappa shape index (κ2) is 6.38. The molecule has 1 unspecified atom stereocenters. The van der Waals surface area contributed by atoms with Crippen LogP contribution in [-0.4, -0.2) is 12.7 Å². The second-order valence-electron chi connectivity index (χ2n) is 3.72. The average Bonchev–Trinajstić information content (AvgIpc) is 2.31. The molecular weight excluding hydrogens is 202 g/mol. The summed E-state index contributed by atoms with van der Waals surface area (Å²) in [6, 6.07) is 5.83. The highest BCUT2D eigenvalue weighted by Crippen LogP contribution is 2.32. The lowest BCUT2D eigenvalue weighted by molar-refractivity contribution is 0.201. The maximum absolute atomic E-state index is 5.86. The van der Waals surface area contributed by atoms with Gasteiger partial charge in [0.15, 0.2) is 11.5 Å². The van der Waals surface area contributed by atoms with Crippen LogP contribution in [0.4, 0.5) is 0 Å². The van der Waals surface area contributed by atoms with E-state index in [1.54, 1.807) is 0 Å². The maximum Gasteiger partial charge on any atom is 0.166 e. The van der Waals surface area contributed by atoms with Gasteiger partial charge in [-0.1, -0.05) is 19.1 Å².